The van der Waals surface area contributed by atoms with Gasteiger partial charge in [0.05, 0.1) is 24.7 Å². The average Bonchev–Trinajstić information content (AvgIpc) is 3.24. The van der Waals surface area contributed by atoms with Crippen LogP contribution in [-0.4, -0.2) is 51.3 Å². The van der Waals surface area contributed by atoms with Crippen LogP contribution in [0.2, 0.25) is 0 Å². The average molecular weight is 460 g/mol. The molecule has 2 aliphatic rings. The zero-order valence-electron chi connectivity index (χ0n) is 17.6. The first kappa shape index (κ1) is 22.1. The zero-order chi connectivity index (χ0) is 22.9. The Balaban J connectivity index is 1.37. The van der Waals surface area contributed by atoms with Gasteiger partial charge in [0.2, 0.25) is 10.0 Å². The van der Waals surface area contributed by atoms with E-state index in [9.17, 15) is 23.1 Å². The van der Waals surface area contributed by atoms with Gasteiger partial charge in [0.15, 0.2) is 0 Å². The molecule has 1 unspecified atom stereocenters. The Morgan fingerprint density at radius 3 is 2.72 bits per heavy atom. The molecular formula is C22H25N3O6S. The van der Waals surface area contributed by atoms with Crippen molar-refractivity contribution in [3.63, 3.8) is 0 Å². The van der Waals surface area contributed by atoms with Gasteiger partial charge in [0.1, 0.15) is 5.75 Å². The van der Waals surface area contributed by atoms with Crippen LogP contribution in [0.25, 0.3) is 0 Å². The van der Waals surface area contributed by atoms with Crippen molar-refractivity contribution < 1.29 is 27.9 Å². The third kappa shape index (κ3) is 4.71. The van der Waals surface area contributed by atoms with Crippen molar-refractivity contribution in [1.29, 1.82) is 0 Å². The predicted octanol–water partition coefficient (Wildman–Crippen LogP) is 1.12. The highest BCUT2D eigenvalue weighted by molar-refractivity contribution is 7.92. The summed E-state index contributed by atoms with van der Waals surface area (Å²) in [6, 6.07) is 10.3. The topological polar surface area (TPSA) is 125 Å². The molecule has 0 fully saturated rings. The van der Waals surface area contributed by atoms with Crippen LogP contribution in [0.5, 0.6) is 5.75 Å². The second-order valence-electron chi connectivity index (χ2n) is 7.93. The van der Waals surface area contributed by atoms with Crippen molar-refractivity contribution in [2.24, 2.45) is 0 Å². The largest absolute Gasteiger partial charge is 0.493 e. The Morgan fingerprint density at radius 1 is 1.12 bits per heavy atom. The molecule has 170 valence electrons. The van der Waals surface area contributed by atoms with E-state index in [0.717, 1.165) is 36.0 Å². The van der Waals surface area contributed by atoms with E-state index in [0.29, 0.717) is 36.5 Å². The van der Waals surface area contributed by atoms with Crippen molar-refractivity contribution in [2.45, 2.75) is 25.4 Å². The van der Waals surface area contributed by atoms with Crippen LogP contribution in [-0.2, 0) is 32.5 Å². The number of hydrogen-bond donors (Lipinski definition) is 3. The number of nitrogens with one attached hydrogen (secondary N) is 2. The number of anilines is 2. The summed E-state index contributed by atoms with van der Waals surface area (Å²) in [6.45, 7) is 0.852. The first-order valence-electron chi connectivity index (χ1n) is 10.4. The molecule has 0 saturated carbocycles. The molecule has 2 heterocycles. The molecule has 10 heteroatoms. The molecule has 32 heavy (non-hydrogen) atoms. The number of benzene rings is 2. The molecule has 1 atom stereocenters. The van der Waals surface area contributed by atoms with E-state index >= 15 is 0 Å². The number of aliphatic hydroxyl groups is 1. The van der Waals surface area contributed by atoms with Crippen LogP contribution in [0.4, 0.5) is 11.4 Å². The fourth-order valence-electron chi connectivity index (χ4n) is 3.95. The van der Waals surface area contributed by atoms with Gasteiger partial charge >= 0.3 is 11.8 Å². The molecule has 4 rings (SSSR count). The normalized spacial score (nSPS) is 15.9. The number of hydrogen-bond acceptors (Lipinski definition) is 6. The minimum atomic E-state index is -3.44. The minimum Gasteiger partial charge on any atom is -0.493 e. The SMILES string of the molecule is CS(=O)(=O)N1CCCc2ccc(NC(=O)C(=O)NCC(O)c3ccc4c(c3)CCO4)cc21. The fourth-order valence-corrected chi connectivity index (χ4v) is 4.94. The molecule has 2 aromatic rings. The monoisotopic (exact) mass is 459 g/mol. The molecular weight excluding hydrogens is 434 g/mol. The molecule has 2 aliphatic heterocycles. The molecule has 0 spiro atoms. The molecule has 0 radical (unpaired) electrons. The third-order valence-corrected chi connectivity index (χ3v) is 6.76. The van der Waals surface area contributed by atoms with Crippen LogP contribution in [0.1, 0.15) is 29.2 Å². The number of rotatable bonds is 5. The summed E-state index contributed by atoms with van der Waals surface area (Å²) in [4.78, 5) is 24.5. The van der Waals surface area contributed by atoms with E-state index in [4.69, 9.17) is 4.74 Å². The highest BCUT2D eigenvalue weighted by Gasteiger charge is 2.25. The van der Waals surface area contributed by atoms with Gasteiger partial charge in [0, 0.05) is 25.2 Å². The number of amides is 2. The molecule has 0 bridgehead atoms. The van der Waals surface area contributed by atoms with Gasteiger partial charge in [0.25, 0.3) is 0 Å². The second kappa shape index (κ2) is 8.79. The Bertz CT molecular complexity index is 1160. The number of aliphatic hydroxyl groups excluding tert-OH is 1. The standard InChI is InChI=1S/C22H25N3O6S/c1-32(29,30)25-9-2-3-14-4-6-17(12-18(14)25)24-22(28)21(27)23-13-19(26)15-5-7-20-16(11-15)8-10-31-20/h4-7,11-12,19,26H,2-3,8-10,13H2,1H3,(H,23,27)(H,24,28). The van der Waals surface area contributed by atoms with Gasteiger partial charge in [-0.25, -0.2) is 8.42 Å². The van der Waals surface area contributed by atoms with Gasteiger partial charge < -0.3 is 20.5 Å². The van der Waals surface area contributed by atoms with Crippen LogP contribution in [0, 0.1) is 0 Å². The first-order valence-corrected chi connectivity index (χ1v) is 12.2. The van der Waals surface area contributed by atoms with E-state index in [1.165, 1.54) is 4.31 Å². The van der Waals surface area contributed by atoms with E-state index in [1.807, 2.05) is 6.07 Å². The van der Waals surface area contributed by atoms with Crippen LogP contribution >= 0.6 is 0 Å². The predicted molar refractivity (Wildman–Crippen MR) is 119 cm³/mol. The molecule has 0 saturated heterocycles. The smallest absolute Gasteiger partial charge is 0.313 e. The highest BCUT2D eigenvalue weighted by atomic mass is 32.2. The molecule has 3 N–H and O–H groups in total. The van der Waals surface area contributed by atoms with Crippen LogP contribution in [0.15, 0.2) is 36.4 Å². The Morgan fingerprint density at radius 2 is 1.94 bits per heavy atom. The number of fused-ring (bicyclic) bond motifs is 2. The molecule has 0 aliphatic carbocycles. The maximum atomic E-state index is 12.3. The lowest BCUT2D eigenvalue weighted by molar-refractivity contribution is -0.136. The molecule has 0 aromatic heterocycles. The van der Waals surface area contributed by atoms with Crippen LogP contribution in [0.3, 0.4) is 0 Å². The third-order valence-electron chi connectivity index (χ3n) is 5.58. The summed E-state index contributed by atoms with van der Waals surface area (Å²) in [6.07, 6.45) is 2.39. The van der Waals surface area contributed by atoms with Gasteiger partial charge in [-0.1, -0.05) is 12.1 Å². The van der Waals surface area contributed by atoms with E-state index < -0.39 is 27.9 Å². The Kier molecular flexibility index (Phi) is 6.07. The Labute approximate surface area is 186 Å². The number of carbonyl (C=O) groups is 2. The fraction of sp³-hybridized carbons (Fsp3) is 0.364. The van der Waals surface area contributed by atoms with Gasteiger partial charge in [-0.05, 0) is 53.8 Å². The summed E-state index contributed by atoms with van der Waals surface area (Å²) < 4.78 is 30.9. The number of ether oxygens (including phenoxy) is 1. The van der Waals surface area contributed by atoms with Crippen LogP contribution < -0.4 is 19.7 Å². The highest BCUT2D eigenvalue weighted by Crippen LogP contribution is 2.32. The van der Waals surface area contributed by atoms with E-state index in [-0.39, 0.29) is 6.54 Å². The van der Waals surface area contributed by atoms with E-state index in [2.05, 4.69) is 10.6 Å². The van der Waals surface area contributed by atoms with Crippen molar-refractivity contribution in [3.8, 4) is 5.75 Å². The van der Waals surface area contributed by atoms with Crippen molar-refractivity contribution in [1.82, 2.24) is 5.32 Å². The number of aryl methyl sites for hydroxylation is 1. The summed E-state index contributed by atoms with van der Waals surface area (Å²) in [5.74, 6) is -1.00. The van der Waals surface area contributed by atoms with Crippen molar-refractivity contribution >= 4 is 33.2 Å². The number of nitrogens with zero attached hydrogens (tertiary/aromatic N) is 1. The summed E-state index contributed by atoms with van der Waals surface area (Å²) >= 11 is 0. The van der Waals surface area contributed by atoms with Gasteiger partial charge in [-0.2, -0.15) is 0 Å². The molecule has 2 amide bonds. The zero-order valence-corrected chi connectivity index (χ0v) is 18.4. The maximum absolute atomic E-state index is 12.3. The molecule has 2 aromatic carbocycles. The van der Waals surface area contributed by atoms with Gasteiger partial charge in [-0.3, -0.25) is 13.9 Å². The Hall–Kier alpha value is -3.11. The van der Waals surface area contributed by atoms with Crippen molar-refractivity contribution in [2.75, 3.05) is 35.6 Å². The summed E-state index contributed by atoms with van der Waals surface area (Å²) in [5.41, 5.74) is 3.32. The number of sulfonamides is 1. The lowest BCUT2D eigenvalue weighted by Crippen LogP contribution is -2.38. The van der Waals surface area contributed by atoms with Crippen molar-refractivity contribution in [3.05, 3.63) is 53.1 Å². The summed E-state index contributed by atoms with van der Waals surface area (Å²) in [7, 11) is -3.44. The second-order valence-corrected chi connectivity index (χ2v) is 9.83. The maximum Gasteiger partial charge on any atom is 0.313 e. The van der Waals surface area contributed by atoms with Gasteiger partial charge in [-0.15, -0.1) is 0 Å². The first-order chi connectivity index (χ1) is 15.2. The quantitative estimate of drug-likeness (QED) is 0.576. The lowest BCUT2D eigenvalue weighted by atomic mass is 10.0. The summed E-state index contributed by atoms with van der Waals surface area (Å²) in [5, 5.41) is 15.3. The minimum absolute atomic E-state index is 0.127. The number of carbonyl (C=O) groups excluding carboxylic acids is 2. The lowest BCUT2D eigenvalue weighted by Gasteiger charge is -2.29. The van der Waals surface area contributed by atoms with E-state index in [1.54, 1.807) is 30.3 Å². The molecule has 9 nitrogen and oxygen atoms in total.